The molecule has 5 aliphatic rings. The van der Waals surface area contributed by atoms with Gasteiger partial charge in [0.1, 0.15) is 0 Å². The van der Waals surface area contributed by atoms with Crippen LogP contribution in [0.25, 0.3) is 0 Å². The van der Waals surface area contributed by atoms with Crippen LogP contribution in [0, 0.1) is 44.3 Å². The average molecular weight is 493 g/mol. The van der Waals surface area contributed by atoms with Gasteiger partial charge in [0.05, 0.1) is 31.5 Å². The molecule has 4 fully saturated rings. The van der Waals surface area contributed by atoms with Crippen LogP contribution in [-0.2, 0) is 0 Å². The maximum Gasteiger partial charge on any atom is 0.0902 e. The van der Waals surface area contributed by atoms with E-state index in [1.807, 2.05) is 0 Å². The van der Waals surface area contributed by atoms with Crippen molar-refractivity contribution in [2.45, 2.75) is 104 Å². The van der Waals surface area contributed by atoms with Crippen molar-refractivity contribution in [3.63, 3.8) is 0 Å². The molecule has 6 nitrogen and oxygen atoms in total. The number of hydrogen-bond acceptors (Lipinski definition) is 6. The maximum absolute atomic E-state index is 11.9. The van der Waals surface area contributed by atoms with E-state index in [1.165, 1.54) is 5.57 Å². The monoisotopic (exact) mass is 492 g/mol. The fourth-order valence-electron chi connectivity index (χ4n) is 10.7. The van der Waals surface area contributed by atoms with Crippen LogP contribution in [-0.4, -0.2) is 68.8 Å². The zero-order valence-corrected chi connectivity index (χ0v) is 22.1. The Morgan fingerprint density at radius 2 is 1.49 bits per heavy atom. The smallest absolute Gasteiger partial charge is 0.0902 e. The van der Waals surface area contributed by atoms with E-state index >= 15 is 0 Å². The highest BCUT2D eigenvalue weighted by molar-refractivity contribution is 5.34. The summed E-state index contributed by atoms with van der Waals surface area (Å²) >= 11 is 0. The molecule has 10 unspecified atom stereocenters. The molecule has 4 saturated carbocycles. The zero-order valence-electron chi connectivity index (χ0n) is 22.1. The van der Waals surface area contributed by atoms with Crippen molar-refractivity contribution in [3.8, 4) is 0 Å². The van der Waals surface area contributed by atoms with E-state index in [9.17, 15) is 30.6 Å². The van der Waals surface area contributed by atoms with Crippen molar-refractivity contribution in [1.82, 2.24) is 0 Å². The van der Waals surface area contributed by atoms with E-state index in [-0.39, 0.29) is 58.7 Å². The summed E-state index contributed by atoms with van der Waals surface area (Å²) in [5.74, 6) is 0.134. The number of rotatable bonds is 3. The standard InChI is InChI=1S/C29H48O6/c1-24(15-30)9-11-28(14-24)12-10-26(3)18(22(28)34)5-6-20-25(2)13-19(33)23(35)29(16-31,17-32)21(25)7-8-27(20,26)4/h5,19-23,30-35H,6-17H2,1-4H3. The number of fused-ring (bicyclic) bond motifs is 5. The van der Waals surface area contributed by atoms with Crippen LogP contribution < -0.4 is 0 Å². The number of aliphatic hydroxyl groups is 6. The van der Waals surface area contributed by atoms with Crippen LogP contribution in [0.15, 0.2) is 11.6 Å². The Morgan fingerprint density at radius 3 is 2.09 bits per heavy atom. The summed E-state index contributed by atoms with van der Waals surface area (Å²) in [5, 5.41) is 64.6. The Morgan fingerprint density at radius 1 is 0.829 bits per heavy atom. The molecule has 0 aromatic carbocycles. The molecular formula is C29H48O6. The predicted octanol–water partition coefficient (Wildman–Crippen LogP) is 2.78. The summed E-state index contributed by atoms with van der Waals surface area (Å²) in [6.07, 6.45) is 7.36. The molecule has 0 aliphatic heterocycles. The normalized spacial score (nSPS) is 55.1. The third-order valence-corrected chi connectivity index (χ3v) is 13.1. The Labute approximate surface area is 210 Å². The second-order valence-corrected chi connectivity index (χ2v) is 14.5. The fraction of sp³-hybridized carbons (Fsp3) is 0.931. The molecule has 6 N–H and O–H groups in total. The van der Waals surface area contributed by atoms with Gasteiger partial charge in [0.25, 0.3) is 0 Å². The van der Waals surface area contributed by atoms with E-state index in [0.29, 0.717) is 6.42 Å². The minimum absolute atomic E-state index is 0.0834. The summed E-state index contributed by atoms with van der Waals surface area (Å²) in [5.41, 5.74) is -0.797. The van der Waals surface area contributed by atoms with Crippen molar-refractivity contribution in [1.29, 1.82) is 0 Å². The van der Waals surface area contributed by atoms with Gasteiger partial charge in [-0.05, 0) is 96.9 Å². The number of hydrogen-bond donors (Lipinski definition) is 6. The van der Waals surface area contributed by atoms with Gasteiger partial charge >= 0.3 is 0 Å². The lowest BCUT2D eigenvalue weighted by molar-refractivity contribution is -0.257. The lowest BCUT2D eigenvalue weighted by atomic mass is 9.34. The molecule has 0 saturated heterocycles. The van der Waals surface area contributed by atoms with Gasteiger partial charge in [-0.3, -0.25) is 0 Å². The van der Waals surface area contributed by atoms with Gasteiger partial charge in [0.15, 0.2) is 0 Å². The lowest BCUT2D eigenvalue weighted by Crippen LogP contribution is -2.69. The second kappa shape index (κ2) is 8.00. The first-order valence-electron chi connectivity index (χ1n) is 13.9. The molecule has 0 amide bonds. The molecule has 6 heteroatoms. The molecule has 10 atom stereocenters. The third kappa shape index (κ3) is 3.10. The Balaban J connectivity index is 1.54. The molecule has 0 heterocycles. The summed E-state index contributed by atoms with van der Waals surface area (Å²) < 4.78 is 0. The van der Waals surface area contributed by atoms with Crippen LogP contribution in [0.5, 0.6) is 0 Å². The van der Waals surface area contributed by atoms with Crippen LogP contribution in [0.4, 0.5) is 0 Å². The van der Waals surface area contributed by atoms with Gasteiger partial charge in [-0.2, -0.15) is 0 Å². The highest BCUT2D eigenvalue weighted by atomic mass is 16.3. The van der Waals surface area contributed by atoms with Crippen LogP contribution >= 0.6 is 0 Å². The zero-order chi connectivity index (χ0) is 25.7. The third-order valence-electron chi connectivity index (χ3n) is 13.1. The molecule has 5 rings (SSSR count). The SMILES string of the molecule is CC1(CO)CCC2(CCC3(C)C(=CCC4C5(C)CC(O)C(O)C(CO)(CO)C5CCC43C)C2O)C1. The van der Waals surface area contributed by atoms with Crippen molar-refractivity contribution >= 4 is 0 Å². The van der Waals surface area contributed by atoms with Gasteiger partial charge in [-0.25, -0.2) is 0 Å². The summed E-state index contributed by atoms with van der Waals surface area (Å²) in [7, 11) is 0. The summed E-state index contributed by atoms with van der Waals surface area (Å²) in [6.45, 7) is 8.56. The lowest BCUT2D eigenvalue weighted by Gasteiger charge is -2.71. The first kappa shape index (κ1) is 26.1. The molecule has 0 radical (unpaired) electrons. The van der Waals surface area contributed by atoms with Gasteiger partial charge in [0, 0.05) is 17.4 Å². The van der Waals surface area contributed by atoms with E-state index in [4.69, 9.17) is 0 Å². The van der Waals surface area contributed by atoms with Gasteiger partial charge < -0.3 is 30.6 Å². The molecule has 1 spiro atoms. The van der Waals surface area contributed by atoms with Crippen LogP contribution in [0.2, 0.25) is 0 Å². The largest absolute Gasteiger partial charge is 0.396 e. The highest BCUT2D eigenvalue weighted by Crippen LogP contribution is 2.74. The van der Waals surface area contributed by atoms with E-state index in [0.717, 1.165) is 51.4 Å². The molecule has 5 aliphatic carbocycles. The number of aliphatic hydroxyl groups excluding tert-OH is 6. The van der Waals surface area contributed by atoms with E-state index in [2.05, 4.69) is 33.8 Å². The van der Waals surface area contributed by atoms with Gasteiger partial charge in [-0.1, -0.05) is 33.8 Å². The van der Waals surface area contributed by atoms with E-state index in [1.54, 1.807) is 0 Å². The van der Waals surface area contributed by atoms with Crippen LogP contribution in [0.1, 0.15) is 85.5 Å². The van der Waals surface area contributed by atoms with E-state index < -0.39 is 23.7 Å². The average Bonchev–Trinajstić information content (AvgIpc) is 3.18. The predicted molar refractivity (Wildman–Crippen MR) is 133 cm³/mol. The molecule has 0 aromatic heterocycles. The van der Waals surface area contributed by atoms with Crippen LogP contribution in [0.3, 0.4) is 0 Å². The molecule has 0 bridgehead atoms. The molecule has 200 valence electrons. The minimum atomic E-state index is -1.13. The first-order chi connectivity index (χ1) is 16.3. The van der Waals surface area contributed by atoms with Crippen molar-refractivity contribution < 1.29 is 30.6 Å². The highest BCUT2D eigenvalue weighted by Gasteiger charge is 2.70. The Hall–Kier alpha value is -0.500. The Bertz CT molecular complexity index is 884. The molecular weight excluding hydrogens is 444 g/mol. The van der Waals surface area contributed by atoms with Gasteiger partial charge in [0.2, 0.25) is 0 Å². The van der Waals surface area contributed by atoms with Crippen molar-refractivity contribution in [3.05, 3.63) is 11.6 Å². The van der Waals surface area contributed by atoms with Crippen molar-refractivity contribution in [2.24, 2.45) is 44.3 Å². The fourth-order valence-corrected chi connectivity index (χ4v) is 10.7. The molecule has 0 aromatic rings. The summed E-state index contributed by atoms with van der Waals surface area (Å²) in [4.78, 5) is 0. The van der Waals surface area contributed by atoms with Gasteiger partial charge in [-0.15, -0.1) is 0 Å². The first-order valence-corrected chi connectivity index (χ1v) is 13.9. The number of allylic oxidation sites excluding steroid dienone is 1. The topological polar surface area (TPSA) is 121 Å². The molecule has 35 heavy (non-hydrogen) atoms. The summed E-state index contributed by atoms with van der Waals surface area (Å²) in [6, 6.07) is 0. The Kier molecular flexibility index (Phi) is 5.97. The quantitative estimate of drug-likeness (QED) is 0.337. The second-order valence-electron chi connectivity index (χ2n) is 14.5. The minimum Gasteiger partial charge on any atom is -0.396 e. The van der Waals surface area contributed by atoms with Crippen molar-refractivity contribution in [2.75, 3.05) is 19.8 Å². The maximum atomic E-state index is 11.9.